The van der Waals surface area contributed by atoms with Crippen LogP contribution >= 0.6 is 160 Å². The van der Waals surface area contributed by atoms with Gasteiger partial charge in [-0.25, -0.2) is 32.4 Å². The van der Waals surface area contributed by atoms with E-state index >= 15 is 0 Å². The Morgan fingerprint density at radius 3 is 0.775 bits per heavy atom. The third-order valence-corrected chi connectivity index (χ3v) is 32.1. The molecule has 746 valence electrons. The van der Waals surface area contributed by atoms with Crippen LogP contribution in [0.2, 0.25) is 0 Å². The van der Waals surface area contributed by atoms with Crippen LogP contribution in [0.15, 0.2) is 66.1 Å². The number of ether oxygens (including phenoxy) is 6. The van der Waals surface area contributed by atoms with E-state index in [4.69, 9.17) is 113 Å². The van der Waals surface area contributed by atoms with Crippen LogP contribution in [-0.2, 0) is 106 Å². The molecule has 18 heterocycles. The molecule has 12 aromatic heterocycles. The lowest BCUT2D eigenvalue weighted by Gasteiger charge is -2.26. The number of aliphatic hydroxyl groups excluding tert-OH is 1. The second-order valence-electron chi connectivity index (χ2n) is 31.5. The predicted molar refractivity (Wildman–Crippen MR) is 508 cm³/mol. The molecule has 18 rings (SSSR count). The molecule has 6 aliphatic heterocycles. The first kappa shape index (κ1) is 101. The van der Waals surface area contributed by atoms with Crippen molar-refractivity contribution in [3.8, 4) is 0 Å². The quantitative estimate of drug-likeness (QED) is 0.0203. The molecule has 0 aromatic carbocycles. The molecule has 73 heteroatoms. The summed E-state index contributed by atoms with van der Waals surface area (Å²) in [6, 6.07) is 0. The van der Waals surface area contributed by atoms with Crippen molar-refractivity contribution >= 4 is 262 Å². The molecule has 138 heavy (non-hydrogen) atoms. The third kappa shape index (κ3) is 21.4. The van der Waals surface area contributed by atoms with E-state index < -0.39 is 263 Å². The highest BCUT2D eigenvalue weighted by Gasteiger charge is 2.53. The first-order chi connectivity index (χ1) is 64.9. The zero-order valence-electron chi connectivity index (χ0n) is 69.1. The minimum absolute atomic E-state index is 0.00198. The molecule has 12 aromatic rings. The number of phosphoric acid groups is 6. The molecule has 0 saturated carbocycles. The van der Waals surface area contributed by atoms with Crippen LogP contribution in [0.1, 0.15) is 75.9 Å². The molecule has 23 atom stereocenters. The fraction of sp³-hybridized carbons (Fsp3) is 0.462. The number of aliphatic hydroxyl groups is 1. The van der Waals surface area contributed by atoms with Gasteiger partial charge in [-0.15, -0.1) is 0 Å². The van der Waals surface area contributed by atoms with E-state index in [1.807, 2.05) is 113 Å². The molecule has 0 spiro atoms. The Morgan fingerprint density at radius 2 is 0.529 bits per heavy atom. The predicted octanol–water partition coefficient (Wildman–Crippen LogP) is 2.03. The summed E-state index contributed by atoms with van der Waals surface area (Å²) >= 11 is 9.12. The zero-order valence-corrected chi connectivity index (χ0v) is 85.3. The van der Waals surface area contributed by atoms with E-state index in [0.717, 1.165) is 0 Å². The number of hydrogen-bond donors (Lipinski definition) is 20. The molecular formula is C65H74I5N25O37P6. The summed E-state index contributed by atoms with van der Waals surface area (Å²) in [4.78, 5) is 201. The highest BCUT2D eigenvalue weighted by molar-refractivity contribution is 14.1. The molecule has 5 unspecified atom stereocenters. The van der Waals surface area contributed by atoms with Gasteiger partial charge in [0.25, 0.3) is 33.4 Å². The molecule has 0 amide bonds. The highest BCUT2D eigenvalue weighted by atomic mass is 127. The molecule has 6 aliphatic rings. The van der Waals surface area contributed by atoms with Crippen molar-refractivity contribution < 1.29 is 145 Å². The largest absolute Gasteiger partial charge is 0.472 e. The standard InChI is InChI=1S/C65H74I5N25O37P6/c66-19-7-90(48-42(19)54(97)84-60(71)78-48)37-2-25(31(123-37)13-116-133(103,104)105)128-135(108,109)118-15-33-27(4-39(125-33)92-9-21(68)44-50(92)80-62(73)86-56(44)99)130-137(112,113)120-17-35-29(6-41(127-35)94-11-23(70)46-52(94)82-64(75)88-58(46)101)132-138(114,115)121-16-34-28(5-40(126-34)93-10-22(69)45-51(93)81-63(74)87-57(45)100)131-136(110,111)119-14-32-26(3-38(124-32)91-8-20(67)43-49(91)79-61(72)85-55(43)98)129-134(106,107)117-12-30-24(96)1-36(122-30)95-18-77-47-53(95)83-65(76)89-59(47)102/h7-11,18,24-41,96H,1-6,12-17H2,(H,106,107)(H,108,109)(H,110,111)(H,112,113)(H,114,115)(H2,103,104,105)(H3,71,78,84,97)(H3,72,79,85,98)(H3,73,80,86,99)(H3,74,81,87,100)(H3,75,82,88,101)(H3,76,83,89,102)/t24-,25-,26-,27-,28-,29-,30+,31+,32+,33+,34+,35+,36+,37+,38+,39+,40+,41+/m0/s1. The van der Waals surface area contributed by atoms with Gasteiger partial charge in [-0.3, -0.25) is 113 Å². The Labute approximate surface area is 832 Å². The van der Waals surface area contributed by atoms with Crippen molar-refractivity contribution in [2.45, 2.75) is 149 Å². The molecule has 6 saturated heterocycles. The van der Waals surface area contributed by atoms with Crippen LogP contribution in [0.3, 0.4) is 0 Å². The van der Waals surface area contributed by atoms with Crippen molar-refractivity contribution in [2.75, 3.05) is 74.0 Å². The van der Waals surface area contributed by atoms with Crippen molar-refractivity contribution in [1.82, 2.24) is 92.2 Å². The van der Waals surface area contributed by atoms with E-state index in [1.165, 1.54) is 64.7 Å². The maximum absolute atomic E-state index is 14.9. The van der Waals surface area contributed by atoms with E-state index in [9.17, 15) is 95.5 Å². The maximum Gasteiger partial charge on any atom is 0.472 e. The zero-order chi connectivity index (χ0) is 98.5. The summed E-state index contributed by atoms with van der Waals surface area (Å²) < 4.78 is 193. The molecule has 0 radical (unpaired) electrons. The Morgan fingerprint density at radius 1 is 0.319 bits per heavy atom. The number of rotatable bonds is 34. The summed E-state index contributed by atoms with van der Waals surface area (Å²) in [6.07, 6.45) is -22.2. The average Bonchev–Trinajstić information content (AvgIpc) is 1.62. The van der Waals surface area contributed by atoms with Gasteiger partial charge in [0.2, 0.25) is 35.7 Å². The van der Waals surface area contributed by atoms with Crippen LogP contribution in [0.4, 0.5) is 35.7 Å². The number of halogens is 5. The van der Waals surface area contributed by atoms with Crippen LogP contribution in [-0.4, -0.2) is 244 Å². The summed E-state index contributed by atoms with van der Waals surface area (Å²) in [5.74, 6) is -1.99. The first-order valence-electron chi connectivity index (χ1n) is 40.0. The number of phosphoric ester groups is 6. The monoisotopic (exact) mass is 2620 g/mol. The number of anilines is 6. The third-order valence-electron chi connectivity index (χ3n) is 22.5. The van der Waals surface area contributed by atoms with Crippen molar-refractivity contribution in [2.24, 2.45) is 0 Å². The van der Waals surface area contributed by atoms with Crippen LogP contribution in [0, 0.1) is 17.9 Å². The summed E-state index contributed by atoms with van der Waals surface area (Å²) in [7, 11) is -33.2. The number of H-pyrrole nitrogens is 6. The van der Waals surface area contributed by atoms with Crippen LogP contribution < -0.4 is 67.8 Å². The Hall–Kier alpha value is -6.72. The van der Waals surface area contributed by atoms with Crippen molar-refractivity contribution in [1.29, 1.82) is 0 Å². The maximum atomic E-state index is 14.9. The lowest BCUT2D eigenvalue weighted by atomic mass is 10.2. The molecule has 62 nitrogen and oxygen atoms in total. The van der Waals surface area contributed by atoms with Gasteiger partial charge in [0, 0.05) is 87.4 Å². The summed E-state index contributed by atoms with van der Waals surface area (Å²) in [5, 5.41) is 11.2. The highest BCUT2D eigenvalue weighted by Crippen LogP contribution is 2.58. The number of nitrogens with two attached hydrogens (primary N) is 6. The fourth-order valence-electron chi connectivity index (χ4n) is 16.6. The minimum Gasteiger partial charge on any atom is -0.390 e. The summed E-state index contributed by atoms with van der Waals surface area (Å²) in [6.45, 7) is -6.21. The molecule has 26 N–H and O–H groups in total. The van der Waals surface area contributed by atoms with Gasteiger partial charge >= 0.3 is 46.9 Å². The van der Waals surface area contributed by atoms with Crippen molar-refractivity contribution in [3.05, 3.63) is 117 Å². The number of fused-ring (bicyclic) bond motifs is 6. The number of nitrogen functional groups attached to an aromatic ring is 6. The van der Waals surface area contributed by atoms with Gasteiger partial charge in [-0.1, -0.05) is 0 Å². The Kier molecular flexibility index (Phi) is 28.6. The second-order valence-corrected chi connectivity index (χ2v) is 45.6. The van der Waals surface area contributed by atoms with Gasteiger partial charge in [0.1, 0.15) is 105 Å². The number of nitrogens with one attached hydrogen (secondary N) is 6. The first-order valence-corrected chi connectivity index (χ1v) is 54.5. The molecule has 0 bridgehead atoms. The van der Waals surface area contributed by atoms with Crippen molar-refractivity contribution in [3.63, 3.8) is 0 Å². The number of nitrogens with zero attached hydrogens (tertiary/aromatic N) is 13. The van der Waals surface area contributed by atoms with E-state index in [-0.39, 0.29) is 119 Å². The lowest BCUT2D eigenvalue weighted by molar-refractivity contribution is -0.0637. The fourth-order valence-corrected chi connectivity index (χ4v) is 25.7. The second kappa shape index (κ2) is 39.0. The van der Waals surface area contributed by atoms with E-state index in [2.05, 4.69) is 64.8 Å². The van der Waals surface area contributed by atoms with Gasteiger partial charge in [-0.05, 0) is 113 Å². The molecular weight excluding hydrogens is 2540 g/mol. The van der Waals surface area contributed by atoms with E-state index in [1.54, 1.807) is 0 Å². The van der Waals surface area contributed by atoms with Crippen LogP contribution in [0.5, 0.6) is 0 Å². The molecule has 6 fully saturated rings. The smallest absolute Gasteiger partial charge is 0.390 e. The van der Waals surface area contributed by atoms with Gasteiger partial charge in [0.05, 0.1) is 79.0 Å². The Bertz CT molecular complexity index is 7560. The van der Waals surface area contributed by atoms with Crippen LogP contribution in [0.25, 0.3) is 66.3 Å². The summed E-state index contributed by atoms with van der Waals surface area (Å²) in [5.41, 5.74) is 31.1. The molecule has 0 aliphatic carbocycles. The lowest BCUT2D eigenvalue weighted by Crippen LogP contribution is -2.32. The normalized spacial score (nSPS) is 27.7. The van der Waals surface area contributed by atoms with E-state index in [0.29, 0.717) is 7.14 Å². The van der Waals surface area contributed by atoms with Gasteiger partial charge < -0.3 is 125 Å². The number of aromatic nitrogens is 19. The van der Waals surface area contributed by atoms with Gasteiger partial charge in [-0.2, -0.15) is 29.9 Å². The average molecular weight is 2620 g/mol. The number of aromatic amines is 6. The number of hydrogen-bond acceptors (Lipinski definition) is 43. The Balaban J connectivity index is 0.589. The van der Waals surface area contributed by atoms with Gasteiger partial charge in [0.15, 0.2) is 39.4 Å². The minimum atomic E-state index is -5.72. The number of imidazole rings is 1. The SMILES string of the molecule is Nc1nc2c(ncn2[C@H]2C[C@H](O)[C@@H](COP(=O)(O)O[C@H]3C[C@H](n4cc(I)c5c(=O)[nH]c(N)nc54)O[C@@H]3COP(=O)(O)O[C@H]3C[C@H](n4cc(I)c5c(=O)[nH]c(N)nc54)O[C@@H]3COP(=O)(O)O[C@H]3C[C@H](n4cc(I)c5c(=O)[nH]c(N)nc54)O[C@@H]3COP(=O)(O)O[C@H]3C[C@H](n4cc(I)c5c(=O)[nH]c(N)nc54)O[C@@H]3COP(=O)(O)O[C@H]3C[C@H](n4cc(I)c5c(=O)[nH]c(N)nc54)O[C@@H]3COP(=O)(O)O)O2)c(=O)[nH]1. The topological polar surface area (TPSA) is 894 Å².